The highest BCUT2D eigenvalue weighted by Gasteiger charge is 2.13. The zero-order valence-electron chi connectivity index (χ0n) is 11.5. The normalized spacial score (nSPS) is 11.1. The Kier molecular flexibility index (Phi) is 3.04. The van der Waals surface area contributed by atoms with Crippen LogP contribution in [0.1, 0.15) is 11.7 Å². The lowest BCUT2D eigenvalue weighted by Gasteiger charge is -2.02. The smallest absolute Gasteiger partial charge is 0.246 e. The number of rotatable bonds is 4. The molecule has 0 aliphatic heterocycles. The summed E-state index contributed by atoms with van der Waals surface area (Å²) in [4.78, 5) is 13.6. The maximum absolute atomic E-state index is 5.20. The third-order valence-corrected chi connectivity index (χ3v) is 3.81. The number of aryl methyl sites for hydroxylation is 1. The van der Waals surface area contributed by atoms with E-state index in [2.05, 4.69) is 30.6 Å². The van der Waals surface area contributed by atoms with Crippen LogP contribution in [0.4, 0.5) is 5.82 Å². The molecule has 0 spiro atoms. The standard InChI is InChI=1S/C13H10N6O2S/c1-7-4-9(18-20-7)12-17-10(21-19-12)5-14-11-8-2-3-22-13(8)16-6-15-11/h2-4,6H,5H2,1H3,(H,14,15,16). The molecule has 0 atom stereocenters. The molecule has 0 aliphatic carbocycles. The van der Waals surface area contributed by atoms with Gasteiger partial charge < -0.3 is 14.4 Å². The van der Waals surface area contributed by atoms with Gasteiger partial charge in [-0.15, -0.1) is 11.3 Å². The second-order valence-electron chi connectivity index (χ2n) is 4.55. The molecule has 1 N–H and O–H groups in total. The van der Waals surface area contributed by atoms with E-state index in [1.165, 1.54) is 6.33 Å². The van der Waals surface area contributed by atoms with Gasteiger partial charge in [0.05, 0.1) is 11.9 Å². The van der Waals surface area contributed by atoms with Crippen molar-refractivity contribution in [3.8, 4) is 11.5 Å². The molecular weight excluding hydrogens is 304 g/mol. The fourth-order valence-electron chi connectivity index (χ4n) is 1.99. The summed E-state index contributed by atoms with van der Waals surface area (Å²) in [5.41, 5.74) is 0.551. The Morgan fingerprint density at radius 1 is 1.23 bits per heavy atom. The first-order valence-electron chi connectivity index (χ1n) is 6.48. The number of hydrogen-bond acceptors (Lipinski definition) is 9. The van der Waals surface area contributed by atoms with Crippen LogP contribution >= 0.6 is 11.3 Å². The van der Waals surface area contributed by atoms with Crippen LogP contribution in [0.3, 0.4) is 0 Å². The average molecular weight is 314 g/mol. The highest BCUT2D eigenvalue weighted by atomic mass is 32.1. The molecule has 0 fully saturated rings. The van der Waals surface area contributed by atoms with Crippen molar-refractivity contribution in [1.82, 2.24) is 25.3 Å². The molecule has 0 saturated heterocycles. The first kappa shape index (κ1) is 12.9. The molecule has 4 heterocycles. The van der Waals surface area contributed by atoms with Crippen molar-refractivity contribution < 1.29 is 9.05 Å². The Labute approximate surface area is 128 Å². The van der Waals surface area contributed by atoms with Crippen LogP contribution in [0.25, 0.3) is 21.7 Å². The first-order chi connectivity index (χ1) is 10.8. The van der Waals surface area contributed by atoms with E-state index in [4.69, 9.17) is 9.05 Å². The van der Waals surface area contributed by atoms with Crippen LogP contribution in [0.2, 0.25) is 0 Å². The lowest BCUT2D eigenvalue weighted by Crippen LogP contribution is -2.02. The van der Waals surface area contributed by atoms with E-state index in [9.17, 15) is 0 Å². The number of anilines is 1. The van der Waals surface area contributed by atoms with Crippen molar-refractivity contribution >= 4 is 27.4 Å². The number of fused-ring (bicyclic) bond motifs is 1. The zero-order chi connectivity index (χ0) is 14.9. The maximum atomic E-state index is 5.20. The quantitative estimate of drug-likeness (QED) is 0.613. The molecule has 9 heteroatoms. The molecule has 0 saturated carbocycles. The number of thiophene rings is 1. The average Bonchev–Trinajstić information content (AvgIpc) is 3.24. The van der Waals surface area contributed by atoms with Crippen molar-refractivity contribution in [2.24, 2.45) is 0 Å². The minimum atomic E-state index is 0.367. The number of nitrogens with one attached hydrogen (secondary N) is 1. The summed E-state index contributed by atoms with van der Waals surface area (Å²) in [5.74, 6) is 2.28. The van der Waals surface area contributed by atoms with Crippen LogP contribution in [-0.2, 0) is 6.54 Å². The van der Waals surface area contributed by atoms with Crippen LogP contribution in [0, 0.1) is 6.92 Å². The van der Waals surface area contributed by atoms with Gasteiger partial charge in [-0.1, -0.05) is 10.3 Å². The van der Waals surface area contributed by atoms with Crippen LogP contribution in [0.5, 0.6) is 0 Å². The van der Waals surface area contributed by atoms with E-state index in [0.717, 1.165) is 16.0 Å². The second-order valence-corrected chi connectivity index (χ2v) is 5.44. The van der Waals surface area contributed by atoms with Gasteiger partial charge in [0.2, 0.25) is 11.7 Å². The van der Waals surface area contributed by atoms with Gasteiger partial charge in [-0.3, -0.25) is 0 Å². The summed E-state index contributed by atoms with van der Waals surface area (Å²) in [6.45, 7) is 2.17. The molecule has 4 aromatic heterocycles. The highest BCUT2D eigenvalue weighted by Crippen LogP contribution is 2.24. The summed E-state index contributed by atoms with van der Waals surface area (Å²) in [5, 5.41) is 13.9. The minimum Gasteiger partial charge on any atom is -0.361 e. The maximum Gasteiger partial charge on any atom is 0.246 e. The Balaban J connectivity index is 1.52. The predicted molar refractivity (Wildman–Crippen MR) is 79.3 cm³/mol. The fraction of sp³-hybridized carbons (Fsp3) is 0.154. The van der Waals surface area contributed by atoms with Gasteiger partial charge in [0, 0.05) is 6.07 Å². The van der Waals surface area contributed by atoms with E-state index in [0.29, 0.717) is 29.7 Å². The first-order valence-corrected chi connectivity index (χ1v) is 7.36. The Bertz CT molecular complexity index is 927. The van der Waals surface area contributed by atoms with E-state index in [1.807, 2.05) is 11.4 Å². The molecular formula is C13H10N6O2S. The van der Waals surface area contributed by atoms with E-state index < -0.39 is 0 Å². The number of aromatic nitrogens is 5. The van der Waals surface area contributed by atoms with Crippen molar-refractivity contribution in [3.63, 3.8) is 0 Å². The summed E-state index contributed by atoms with van der Waals surface area (Å²) in [6.07, 6.45) is 1.53. The van der Waals surface area contributed by atoms with Gasteiger partial charge in [0.1, 0.15) is 22.7 Å². The van der Waals surface area contributed by atoms with E-state index in [1.54, 1.807) is 24.3 Å². The third kappa shape index (κ3) is 2.31. The monoisotopic (exact) mass is 314 g/mol. The second kappa shape index (κ2) is 5.19. The number of hydrogen-bond donors (Lipinski definition) is 1. The molecule has 0 unspecified atom stereocenters. The number of nitrogens with zero attached hydrogens (tertiary/aromatic N) is 5. The van der Waals surface area contributed by atoms with Crippen molar-refractivity contribution in [1.29, 1.82) is 0 Å². The Morgan fingerprint density at radius 3 is 3.05 bits per heavy atom. The molecule has 0 aliphatic rings. The van der Waals surface area contributed by atoms with Gasteiger partial charge in [0.25, 0.3) is 0 Å². The summed E-state index contributed by atoms with van der Waals surface area (Å²) >= 11 is 1.57. The predicted octanol–water partition coefficient (Wildman–Crippen LogP) is 2.65. The molecule has 0 aromatic carbocycles. The molecule has 0 radical (unpaired) electrons. The third-order valence-electron chi connectivity index (χ3n) is 2.99. The van der Waals surface area contributed by atoms with E-state index >= 15 is 0 Å². The minimum absolute atomic E-state index is 0.367. The topological polar surface area (TPSA) is 103 Å². The van der Waals surface area contributed by atoms with Gasteiger partial charge in [-0.2, -0.15) is 4.98 Å². The highest BCUT2D eigenvalue weighted by molar-refractivity contribution is 7.16. The molecule has 4 aromatic rings. The summed E-state index contributed by atoms with van der Waals surface area (Å²) in [6, 6.07) is 3.72. The Hall–Kier alpha value is -2.81. The Morgan fingerprint density at radius 2 is 2.18 bits per heavy atom. The summed E-state index contributed by atoms with van der Waals surface area (Å²) < 4.78 is 10.2. The van der Waals surface area contributed by atoms with Crippen molar-refractivity contribution in [2.45, 2.75) is 13.5 Å². The van der Waals surface area contributed by atoms with Crippen LogP contribution in [-0.4, -0.2) is 25.3 Å². The summed E-state index contributed by atoms with van der Waals surface area (Å²) in [7, 11) is 0. The van der Waals surface area contributed by atoms with Gasteiger partial charge >= 0.3 is 0 Å². The van der Waals surface area contributed by atoms with Crippen molar-refractivity contribution in [3.05, 3.63) is 35.5 Å². The van der Waals surface area contributed by atoms with E-state index in [-0.39, 0.29) is 0 Å². The molecule has 22 heavy (non-hydrogen) atoms. The molecule has 0 amide bonds. The van der Waals surface area contributed by atoms with Gasteiger partial charge in [-0.05, 0) is 18.4 Å². The molecule has 110 valence electrons. The van der Waals surface area contributed by atoms with Gasteiger partial charge in [0.15, 0.2) is 5.69 Å². The van der Waals surface area contributed by atoms with Gasteiger partial charge in [-0.25, -0.2) is 9.97 Å². The van der Waals surface area contributed by atoms with Crippen molar-refractivity contribution in [2.75, 3.05) is 5.32 Å². The molecule has 8 nitrogen and oxygen atoms in total. The van der Waals surface area contributed by atoms with Crippen LogP contribution < -0.4 is 5.32 Å². The van der Waals surface area contributed by atoms with Crippen LogP contribution in [0.15, 0.2) is 32.9 Å². The molecule has 4 rings (SSSR count). The fourth-order valence-corrected chi connectivity index (χ4v) is 2.73. The zero-order valence-corrected chi connectivity index (χ0v) is 12.3. The SMILES string of the molecule is Cc1cc(-c2noc(CNc3ncnc4sccc34)n2)no1. The lowest BCUT2D eigenvalue weighted by atomic mass is 10.3. The molecule has 0 bridgehead atoms. The lowest BCUT2D eigenvalue weighted by molar-refractivity contribution is 0.381. The largest absolute Gasteiger partial charge is 0.361 e.